The van der Waals surface area contributed by atoms with E-state index in [9.17, 15) is 4.79 Å². The van der Waals surface area contributed by atoms with E-state index in [1.807, 2.05) is 6.07 Å². The fourth-order valence-electron chi connectivity index (χ4n) is 5.29. The Balaban J connectivity index is 1.24. The molecular formula is C32H47N3O4. The molecule has 2 aliphatic heterocycles. The van der Waals surface area contributed by atoms with E-state index in [2.05, 4.69) is 72.0 Å². The van der Waals surface area contributed by atoms with Crippen molar-refractivity contribution in [2.75, 3.05) is 32.8 Å². The number of amides is 1. The largest absolute Gasteiger partial charge is 0.489 e. The van der Waals surface area contributed by atoms with Crippen LogP contribution >= 0.6 is 0 Å². The molecule has 0 aromatic heterocycles. The van der Waals surface area contributed by atoms with Crippen molar-refractivity contribution in [2.45, 2.75) is 90.0 Å². The summed E-state index contributed by atoms with van der Waals surface area (Å²) in [6, 6.07) is 15.7. The summed E-state index contributed by atoms with van der Waals surface area (Å²) >= 11 is 0. The van der Waals surface area contributed by atoms with Crippen LogP contribution in [0.5, 0.6) is 5.75 Å². The molecule has 2 fully saturated rings. The Kier molecular flexibility index (Phi) is 12.1. The van der Waals surface area contributed by atoms with Gasteiger partial charge in [0, 0.05) is 43.5 Å². The molecule has 2 saturated heterocycles. The van der Waals surface area contributed by atoms with Crippen LogP contribution in [0.15, 0.2) is 54.1 Å². The molecular weight excluding hydrogens is 490 g/mol. The molecule has 2 heterocycles. The Labute approximate surface area is 234 Å². The zero-order chi connectivity index (χ0) is 27.3. The minimum absolute atomic E-state index is 0.0814. The molecule has 7 heteroatoms. The van der Waals surface area contributed by atoms with Gasteiger partial charge in [0.15, 0.2) is 6.29 Å². The predicted molar refractivity (Wildman–Crippen MR) is 157 cm³/mol. The lowest BCUT2D eigenvalue weighted by Gasteiger charge is -2.35. The van der Waals surface area contributed by atoms with Crippen molar-refractivity contribution in [1.82, 2.24) is 15.7 Å². The van der Waals surface area contributed by atoms with Gasteiger partial charge in [0.1, 0.15) is 12.4 Å². The van der Waals surface area contributed by atoms with Crippen LogP contribution in [0.3, 0.4) is 0 Å². The van der Waals surface area contributed by atoms with E-state index in [0.717, 1.165) is 69.3 Å². The van der Waals surface area contributed by atoms with E-state index in [4.69, 9.17) is 14.3 Å². The van der Waals surface area contributed by atoms with Crippen LogP contribution in [0.2, 0.25) is 0 Å². The molecule has 0 spiro atoms. The van der Waals surface area contributed by atoms with Crippen LogP contribution in [-0.2, 0) is 14.4 Å². The van der Waals surface area contributed by atoms with Crippen molar-refractivity contribution in [3.8, 4) is 5.75 Å². The topological polar surface area (TPSA) is 72.1 Å². The highest BCUT2D eigenvalue weighted by Crippen LogP contribution is 2.25. The van der Waals surface area contributed by atoms with Gasteiger partial charge in [-0.25, -0.2) is 10.3 Å². The Hall–Kier alpha value is -2.45. The van der Waals surface area contributed by atoms with Gasteiger partial charge in [0.05, 0.1) is 0 Å². The second-order valence-electron chi connectivity index (χ2n) is 11.1. The van der Waals surface area contributed by atoms with E-state index < -0.39 is 0 Å². The molecule has 2 aromatic rings. The lowest BCUT2D eigenvalue weighted by Crippen LogP contribution is -2.45. The molecule has 39 heavy (non-hydrogen) atoms. The number of likely N-dealkylation sites (tertiary alicyclic amines) is 1. The van der Waals surface area contributed by atoms with Crippen LogP contribution in [0.4, 0.5) is 0 Å². The molecule has 0 aliphatic carbocycles. The third-order valence-electron chi connectivity index (χ3n) is 7.77. The van der Waals surface area contributed by atoms with Crippen molar-refractivity contribution in [2.24, 2.45) is 0 Å². The number of unbranched alkanes of at least 4 members (excludes halogenated alkanes) is 2. The van der Waals surface area contributed by atoms with E-state index in [1.54, 1.807) is 0 Å². The number of nitrogens with one attached hydrogen (secondary N) is 2. The van der Waals surface area contributed by atoms with Crippen LogP contribution in [0, 0.1) is 0 Å². The number of hydrogen-bond donors (Lipinski definition) is 2. The number of carbonyl (C=O) groups excluding carboxylic acids is 1. The maximum Gasteiger partial charge on any atom is 0.243 e. The molecule has 0 radical (unpaired) electrons. The second kappa shape index (κ2) is 16.0. The fraction of sp³-hybridized carbons (Fsp3) is 0.594. The van der Waals surface area contributed by atoms with E-state index in [-0.39, 0.29) is 12.2 Å². The number of rotatable bonds is 14. The van der Waals surface area contributed by atoms with Crippen LogP contribution in [0.25, 0.3) is 10.8 Å². The lowest BCUT2D eigenvalue weighted by atomic mass is 10.0. The van der Waals surface area contributed by atoms with E-state index in [0.29, 0.717) is 31.7 Å². The van der Waals surface area contributed by atoms with Gasteiger partial charge in [-0.15, -0.1) is 0 Å². The number of hydrogen-bond acceptors (Lipinski definition) is 6. The number of ether oxygens (including phenoxy) is 2. The van der Waals surface area contributed by atoms with Gasteiger partial charge in [-0.3, -0.25) is 4.79 Å². The van der Waals surface area contributed by atoms with Crippen molar-refractivity contribution in [1.29, 1.82) is 0 Å². The quantitative estimate of drug-likeness (QED) is 0.182. The normalized spacial score (nSPS) is 19.5. The van der Waals surface area contributed by atoms with E-state index in [1.165, 1.54) is 23.8 Å². The number of carbonyl (C=O) groups is 1. The average molecular weight is 538 g/mol. The summed E-state index contributed by atoms with van der Waals surface area (Å²) < 4.78 is 11.8. The fourth-order valence-corrected chi connectivity index (χ4v) is 5.29. The summed E-state index contributed by atoms with van der Waals surface area (Å²) in [5.41, 5.74) is 3.82. The maximum atomic E-state index is 12.2. The predicted octanol–water partition coefficient (Wildman–Crippen LogP) is 5.74. The van der Waals surface area contributed by atoms with Gasteiger partial charge in [-0.2, -0.15) is 0 Å². The van der Waals surface area contributed by atoms with Crippen molar-refractivity contribution >= 4 is 16.7 Å². The molecule has 7 nitrogen and oxygen atoms in total. The molecule has 4 rings (SSSR count). The average Bonchev–Trinajstić information content (AvgIpc) is 2.97. The van der Waals surface area contributed by atoms with Crippen molar-refractivity contribution in [3.63, 3.8) is 0 Å². The maximum absolute atomic E-state index is 12.2. The number of nitrogens with zero attached hydrogens (tertiary/aromatic N) is 1. The van der Waals surface area contributed by atoms with Crippen LogP contribution in [-0.4, -0.2) is 62.0 Å². The van der Waals surface area contributed by atoms with Gasteiger partial charge in [0.25, 0.3) is 0 Å². The first-order valence-corrected chi connectivity index (χ1v) is 14.9. The highest BCUT2D eigenvalue weighted by molar-refractivity contribution is 5.88. The Morgan fingerprint density at radius 2 is 1.90 bits per heavy atom. The summed E-state index contributed by atoms with van der Waals surface area (Å²) in [5.74, 6) is 0.838. The molecule has 2 aliphatic rings. The highest BCUT2D eigenvalue weighted by Gasteiger charge is 2.20. The molecule has 2 aromatic carbocycles. The van der Waals surface area contributed by atoms with Gasteiger partial charge >= 0.3 is 0 Å². The first-order valence-electron chi connectivity index (χ1n) is 14.9. The van der Waals surface area contributed by atoms with E-state index >= 15 is 0 Å². The van der Waals surface area contributed by atoms with Crippen molar-refractivity contribution in [3.05, 3.63) is 54.1 Å². The molecule has 1 atom stereocenters. The monoisotopic (exact) mass is 537 g/mol. The zero-order valence-corrected chi connectivity index (χ0v) is 23.8. The highest BCUT2D eigenvalue weighted by atomic mass is 16.8. The summed E-state index contributed by atoms with van der Waals surface area (Å²) in [7, 11) is 0. The molecule has 214 valence electrons. The second-order valence-corrected chi connectivity index (χ2v) is 11.1. The minimum Gasteiger partial charge on any atom is -0.489 e. The van der Waals surface area contributed by atoms with Gasteiger partial charge in [0.2, 0.25) is 5.91 Å². The van der Waals surface area contributed by atoms with Crippen molar-refractivity contribution < 1.29 is 19.1 Å². The van der Waals surface area contributed by atoms with Crippen LogP contribution in [0.1, 0.15) is 71.6 Å². The lowest BCUT2D eigenvalue weighted by molar-refractivity contribution is -0.200. The number of allylic oxidation sites excluding steroid dienone is 1. The molecule has 1 amide bonds. The molecule has 2 N–H and O–H groups in total. The first kappa shape index (κ1) is 29.5. The minimum atomic E-state index is -0.306. The zero-order valence-electron chi connectivity index (χ0n) is 23.8. The summed E-state index contributed by atoms with van der Waals surface area (Å²) in [6.07, 6.45) is 10.4. The molecule has 1 unspecified atom stereocenters. The number of fused-ring (bicyclic) bond motifs is 1. The summed E-state index contributed by atoms with van der Waals surface area (Å²) in [5, 5.41) is 6.12. The Bertz CT molecular complexity index is 1040. The smallest absolute Gasteiger partial charge is 0.243 e. The number of hydroxylamine groups is 1. The third kappa shape index (κ3) is 9.91. The Morgan fingerprint density at radius 1 is 1.08 bits per heavy atom. The Morgan fingerprint density at radius 3 is 2.69 bits per heavy atom. The molecule has 0 bridgehead atoms. The first-order chi connectivity index (χ1) is 19.1. The SMILES string of the molecule is CC(C)N1CCC(NC/C(=C\CCCCC(=O)NOC2CCCCO2)COc2cccc3ccccc23)CC1. The third-order valence-corrected chi connectivity index (χ3v) is 7.77. The number of piperidine rings is 1. The summed E-state index contributed by atoms with van der Waals surface area (Å²) in [6.45, 7) is 8.95. The standard InChI is InChI=1S/C32H47N3O4/c1-25(2)35-20-18-28(19-21-35)33-23-26(24-38-30-15-10-13-27-12-6-7-14-29(27)30)11-4-3-5-16-31(36)34-39-32-17-8-9-22-37-32/h6-7,10-15,25,28,32-33H,3-5,8-9,16-24H2,1-2H3,(H,34,36)/b26-11+. The molecule has 0 saturated carbocycles. The van der Waals surface area contributed by atoms with Gasteiger partial charge < -0.3 is 19.7 Å². The summed E-state index contributed by atoms with van der Waals surface area (Å²) in [4.78, 5) is 20.1. The van der Waals surface area contributed by atoms with Gasteiger partial charge in [-0.05, 0) is 88.9 Å². The van der Waals surface area contributed by atoms with Crippen LogP contribution < -0.4 is 15.5 Å². The van der Waals surface area contributed by atoms with Gasteiger partial charge in [-0.1, -0.05) is 42.5 Å². The number of benzene rings is 2.